The van der Waals surface area contributed by atoms with Crippen LogP contribution >= 0.6 is 0 Å². The molecule has 2 aliphatic carbocycles. The molecule has 2 fully saturated rings. The van der Waals surface area contributed by atoms with Gasteiger partial charge in [-0.05, 0) is 73.4 Å². The highest BCUT2D eigenvalue weighted by atomic mass is 19.1. The second kappa shape index (κ2) is 8.72. The minimum atomic E-state index is -0.302. The molecule has 2 saturated carbocycles. The molecule has 35 heavy (non-hydrogen) atoms. The maximum absolute atomic E-state index is 13.8. The highest BCUT2D eigenvalue weighted by Gasteiger charge is 2.60. The first-order valence-corrected chi connectivity index (χ1v) is 11.9. The minimum absolute atomic E-state index is 0.0148. The summed E-state index contributed by atoms with van der Waals surface area (Å²) in [5, 5.41) is 7.76. The molecule has 3 heterocycles. The van der Waals surface area contributed by atoms with Gasteiger partial charge in [0.1, 0.15) is 30.0 Å². The van der Waals surface area contributed by atoms with Gasteiger partial charge in [-0.2, -0.15) is 5.10 Å². The molecule has 6 rings (SSSR count). The van der Waals surface area contributed by atoms with Gasteiger partial charge in [0.2, 0.25) is 5.91 Å². The van der Waals surface area contributed by atoms with Gasteiger partial charge in [0.15, 0.2) is 0 Å². The fourth-order valence-corrected chi connectivity index (χ4v) is 5.70. The number of hydrogen-bond acceptors (Lipinski definition) is 6. The van der Waals surface area contributed by atoms with E-state index in [0.717, 1.165) is 30.5 Å². The number of aromatic nitrogens is 5. The highest BCUT2D eigenvalue weighted by molar-refractivity contribution is 5.92. The highest BCUT2D eigenvalue weighted by Crippen LogP contribution is 2.62. The molecule has 0 spiro atoms. The molecule has 1 amide bonds. The Balaban J connectivity index is 1.07. The average molecular weight is 473 g/mol. The molecule has 1 unspecified atom stereocenters. The van der Waals surface area contributed by atoms with Gasteiger partial charge in [-0.15, -0.1) is 0 Å². The molecule has 0 saturated heterocycles. The predicted octanol–water partition coefficient (Wildman–Crippen LogP) is 4.42. The van der Waals surface area contributed by atoms with E-state index in [1.54, 1.807) is 41.6 Å². The van der Waals surface area contributed by atoms with Gasteiger partial charge in [0, 0.05) is 17.5 Å². The number of rotatable bonds is 7. The molecule has 0 bridgehead atoms. The zero-order valence-electron chi connectivity index (χ0n) is 19.2. The lowest BCUT2D eigenvalue weighted by Crippen LogP contribution is -2.27. The second-order valence-electron chi connectivity index (χ2n) is 9.33. The molecule has 178 valence electrons. The zero-order valence-corrected chi connectivity index (χ0v) is 19.2. The quantitative estimate of drug-likeness (QED) is 0.428. The summed E-state index contributed by atoms with van der Waals surface area (Å²) in [7, 11) is 0. The minimum Gasteiger partial charge on any atom is -0.490 e. The lowest BCUT2D eigenvalue weighted by molar-refractivity contribution is -0.121. The number of carbonyl (C=O) groups excluding carboxylic acids is 1. The van der Waals surface area contributed by atoms with Gasteiger partial charge < -0.3 is 10.1 Å². The summed E-state index contributed by atoms with van der Waals surface area (Å²) in [5.74, 6) is 2.17. The zero-order chi connectivity index (χ0) is 23.9. The summed E-state index contributed by atoms with van der Waals surface area (Å²) in [4.78, 5) is 25.7. The molecule has 3 aromatic heterocycles. The molecule has 2 aliphatic rings. The predicted molar refractivity (Wildman–Crippen MR) is 127 cm³/mol. The molecule has 0 radical (unpaired) electrons. The van der Waals surface area contributed by atoms with Crippen molar-refractivity contribution in [2.45, 2.75) is 32.3 Å². The Bertz CT molecular complexity index is 1350. The number of nitrogens with zero attached hydrogens (tertiary/aromatic N) is 5. The Hall–Kier alpha value is -3.88. The van der Waals surface area contributed by atoms with Crippen LogP contribution in [0, 0.1) is 29.5 Å². The number of pyridine rings is 2. The van der Waals surface area contributed by atoms with Crippen LogP contribution in [0.2, 0.25) is 0 Å². The number of benzene rings is 1. The van der Waals surface area contributed by atoms with Crippen molar-refractivity contribution in [3.8, 4) is 11.4 Å². The lowest BCUT2D eigenvalue weighted by Gasteiger charge is -2.21. The van der Waals surface area contributed by atoms with Crippen LogP contribution in [0.25, 0.3) is 16.6 Å². The fourth-order valence-electron chi connectivity index (χ4n) is 5.70. The Morgan fingerprint density at radius 2 is 2.06 bits per heavy atom. The molecule has 5 atom stereocenters. The number of carbonyl (C=O) groups is 1. The van der Waals surface area contributed by atoms with E-state index in [0.29, 0.717) is 34.7 Å². The summed E-state index contributed by atoms with van der Waals surface area (Å²) in [6.45, 7) is 2.06. The van der Waals surface area contributed by atoms with Crippen LogP contribution in [0.3, 0.4) is 0 Å². The first-order valence-electron chi connectivity index (χ1n) is 11.9. The Kier molecular flexibility index (Phi) is 5.39. The third kappa shape index (κ3) is 4.11. The van der Waals surface area contributed by atoms with Crippen molar-refractivity contribution >= 4 is 22.6 Å². The summed E-state index contributed by atoms with van der Waals surface area (Å²) in [6, 6.07) is 9.97. The van der Waals surface area contributed by atoms with Gasteiger partial charge in [0.25, 0.3) is 0 Å². The van der Waals surface area contributed by atoms with Gasteiger partial charge in [0.05, 0.1) is 23.5 Å². The van der Waals surface area contributed by atoms with Crippen LogP contribution in [0.1, 0.15) is 26.2 Å². The summed E-state index contributed by atoms with van der Waals surface area (Å²) in [6.07, 6.45) is 9.07. The SMILES string of the molecule is CCC(C(=O)Nc1ccc(-n2cncn2)cn1)[C@@H]1[C@@H]2C[C@@H](Oc3ccnc4ccc(F)cc34)C[C@@H]21. The van der Waals surface area contributed by atoms with E-state index in [2.05, 4.69) is 32.3 Å². The monoisotopic (exact) mass is 472 g/mol. The largest absolute Gasteiger partial charge is 0.490 e. The van der Waals surface area contributed by atoms with Crippen molar-refractivity contribution in [2.75, 3.05) is 5.32 Å². The van der Waals surface area contributed by atoms with Gasteiger partial charge in [-0.25, -0.2) is 19.0 Å². The van der Waals surface area contributed by atoms with E-state index in [4.69, 9.17) is 4.74 Å². The third-order valence-electron chi connectivity index (χ3n) is 7.35. The molecule has 9 heteroatoms. The summed E-state index contributed by atoms with van der Waals surface area (Å²) in [5.41, 5.74) is 1.50. The smallest absolute Gasteiger partial charge is 0.228 e. The van der Waals surface area contributed by atoms with Crippen molar-refractivity contribution in [3.63, 3.8) is 0 Å². The van der Waals surface area contributed by atoms with Crippen molar-refractivity contribution in [1.29, 1.82) is 0 Å². The summed E-state index contributed by atoms with van der Waals surface area (Å²) < 4.78 is 21.7. The third-order valence-corrected chi connectivity index (χ3v) is 7.35. The Labute approximate surface area is 201 Å². The van der Waals surface area contributed by atoms with Crippen LogP contribution in [0.5, 0.6) is 5.75 Å². The number of hydrogen-bond donors (Lipinski definition) is 1. The fraction of sp³-hybridized carbons (Fsp3) is 0.346. The van der Waals surface area contributed by atoms with E-state index < -0.39 is 0 Å². The van der Waals surface area contributed by atoms with Gasteiger partial charge >= 0.3 is 0 Å². The van der Waals surface area contributed by atoms with Crippen LogP contribution in [0.15, 0.2) is 61.4 Å². The van der Waals surface area contributed by atoms with E-state index in [-0.39, 0.29) is 23.7 Å². The average Bonchev–Trinajstić information content (AvgIpc) is 3.25. The van der Waals surface area contributed by atoms with Crippen LogP contribution < -0.4 is 10.1 Å². The number of anilines is 1. The number of nitrogens with one attached hydrogen (secondary N) is 1. The standard InChI is InChI=1S/C26H25FN6O2/c1-2-18(26(34)32-24-6-4-16(12-30-24)33-14-28-13-31-33)25-19-10-17(11-20(19)25)35-23-7-8-29-22-5-3-15(27)9-21(22)23/h3-9,12-14,17-20,25H,2,10-11H2,1H3,(H,30,32,34)/t17-,18?,19-,20+,25-. The molecular weight excluding hydrogens is 447 g/mol. The molecule has 1 aromatic carbocycles. The Morgan fingerprint density at radius 3 is 2.77 bits per heavy atom. The van der Waals surface area contributed by atoms with Crippen molar-refractivity contribution in [2.24, 2.45) is 23.7 Å². The lowest BCUT2D eigenvalue weighted by atomic mass is 9.93. The van der Waals surface area contributed by atoms with Crippen LogP contribution in [-0.4, -0.2) is 36.7 Å². The van der Waals surface area contributed by atoms with Gasteiger partial charge in [-0.3, -0.25) is 9.78 Å². The first-order chi connectivity index (χ1) is 17.1. The van der Waals surface area contributed by atoms with E-state index in [9.17, 15) is 9.18 Å². The van der Waals surface area contributed by atoms with Crippen molar-refractivity contribution < 1.29 is 13.9 Å². The maximum atomic E-state index is 13.8. The number of fused-ring (bicyclic) bond motifs is 2. The van der Waals surface area contributed by atoms with Crippen molar-refractivity contribution in [3.05, 3.63) is 67.3 Å². The first kappa shape index (κ1) is 21.6. The number of ether oxygens (including phenoxy) is 1. The molecule has 1 N–H and O–H groups in total. The van der Waals surface area contributed by atoms with E-state index >= 15 is 0 Å². The molecular formula is C26H25FN6O2. The van der Waals surface area contributed by atoms with Crippen LogP contribution in [0.4, 0.5) is 10.2 Å². The second-order valence-corrected chi connectivity index (χ2v) is 9.33. The van der Waals surface area contributed by atoms with Crippen LogP contribution in [-0.2, 0) is 4.79 Å². The van der Waals surface area contributed by atoms with Crippen molar-refractivity contribution in [1.82, 2.24) is 24.7 Å². The maximum Gasteiger partial charge on any atom is 0.228 e. The Morgan fingerprint density at radius 1 is 1.20 bits per heavy atom. The number of amides is 1. The summed E-state index contributed by atoms with van der Waals surface area (Å²) >= 11 is 0. The normalized spacial score (nSPS) is 23.6. The molecule has 0 aliphatic heterocycles. The molecule has 4 aromatic rings. The van der Waals surface area contributed by atoms with E-state index in [1.165, 1.54) is 18.5 Å². The topological polar surface area (TPSA) is 94.8 Å². The number of halogens is 1. The van der Waals surface area contributed by atoms with Gasteiger partial charge in [-0.1, -0.05) is 6.92 Å². The molecule has 8 nitrogen and oxygen atoms in total. The van der Waals surface area contributed by atoms with E-state index in [1.807, 2.05) is 6.07 Å².